The fourth-order valence-corrected chi connectivity index (χ4v) is 0.990. The lowest BCUT2D eigenvalue weighted by Gasteiger charge is -1.89. The average molecular weight is 144 g/mol. The van der Waals surface area contributed by atoms with Crippen molar-refractivity contribution in [3.63, 3.8) is 0 Å². The summed E-state index contributed by atoms with van der Waals surface area (Å²) >= 11 is 0. The van der Waals surface area contributed by atoms with Crippen molar-refractivity contribution in [2.24, 2.45) is 4.99 Å². The zero-order chi connectivity index (χ0) is 7.68. The minimum atomic E-state index is 0.514. The third-order valence-electron chi connectivity index (χ3n) is 1.49. The molecule has 4 nitrogen and oxygen atoms in total. The Morgan fingerprint density at radius 2 is 2.45 bits per heavy atom. The van der Waals surface area contributed by atoms with Crippen LogP contribution in [0.5, 0.6) is 0 Å². The Morgan fingerprint density at radius 1 is 1.55 bits per heavy atom. The van der Waals surface area contributed by atoms with Crippen molar-refractivity contribution in [1.29, 1.82) is 5.26 Å². The largest absolute Gasteiger partial charge is 0.244 e. The van der Waals surface area contributed by atoms with Crippen molar-refractivity contribution in [3.8, 4) is 6.07 Å². The molecular formula is C7H4N4. The van der Waals surface area contributed by atoms with E-state index in [1.807, 2.05) is 6.07 Å². The number of nitrogens with zero attached hydrogens (tertiary/aromatic N) is 4. The molecule has 1 aliphatic rings. The van der Waals surface area contributed by atoms with E-state index in [1.54, 1.807) is 6.20 Å². The van der Waals surface area contributed by atoms with Crippen molar-refractivity contribution in [2.75, 3.05) is 0 Å². The first kappa shape index (κ1) is 5.98. The Bertz CT molecular complexity index is 361. The molecule has 0 spiro atoms. The lowest BCUT2D eigenvalue weighted by molar-refractivity contribution is 1.12. The number of nitriles is 1. The fourth-order valence-electron chi connectivity index (χ4n) is 0.990. The maximum absolute atomic E-state index is 8.51. The summed E-state index contributed by atoms with van der Waals surface area (Å²) in [5.41, 5.74) is 1.45. The van der Waals surface area contributed by atoms with Crippen LogP contribution in [0.3, 0.4) is 0 Å². The summed E-state index contributed by atoms with van der Waals surface area (Å²) in [4.78, 5) is 11.7. The van der Waals surface area contributed by atoms with E-state index >= 15 is 0 Å². The predicted octanol–water partition coefficient (Wildman–Crippen LogP) is 0.629. The molecule has 1 aliphatic heterocycles. The Morgan fingerprint density at radius 3 is 3.18 bits per heavy atom. The summed E-state index contributed by atoms with van der Waals surface area (Å²) in [7, 11) is 0. The van der Waals surface area contributed by atoms with Gasteiger partial charge in [0.05, 0.1) is 0 Å². The second-order valence-corrected chi connectivity index (χ2v) is 2.22. The molecule has 0 bridgehead atoms. The standard InChI is InChI=1S/C7H4N4/c8-2-6-1-5-3-9-4-10-7(5)11-6/h3-4H,1H2. The van der Waals surface area contributed by atoms with Crippen LogP contribution in [0.4, 0.5) is 5.82 Å². The Kier molecular flexibility index (Phi) is 1.16. The highest BCUT2D eigenvalue weighted by molar-refractivity contribution is 6.04. The third-order valence-corrected chi connectivity index (χ3v) is 1.49. The van der Waals surface area contributed by atoms with Gasteiger partial charge >= 0.3 is 0 Å². The molecule has 0 amide bonds. The molecule has 0 unspecified atom stereocenters. The molecular weight excluding hydrogens is 140 g/mol. The molecule has 11 heavy (non-hydrogen) atoms. The zero-order valence-corrected chi connectivity index (χ0v) is 5.65. The van der Waals surface area contributed by atoms with Crippen molar-refractivity contribution >= 4 is 11.5 Å². The normalized spacial score (nSPS) is 13.5. The summed E-state index contributed by atoms with van der Waals surface area (Å²) in [6.45, 7) is 0. The molecule has 0 aromatic carbocycles. The molecule has 0 saturated heterocycles. The van der Waals surface area contributed by atoms with Crippen LogP contribution in [0, 0.1) is 11.3 Å². The van der Waals surface area contributed by atoms with Gasteiger partial charge < -0.3 is 0 Å². The van der Waals surface area contributed by atoms with Crippen molar-refractivity contribution in [1.82, 2.24) is 9.97 Å². The van der Waals surface area contributed by atoms with E-state index in [4.69, 9.17) is 5.26 Å². The first-order chi connectivity index (χ1) is 5.40. The highest BCUT2D eigenvalue weighted by Crippen LogP contribution is 2.21. The van der Waals surface area contributed by atoms with Gasteiger partial charge in [-0.3, -0.25) is 0 Å². The number of fused-ring (bicyclic) bond motifs is 1. The molecule has 2 heterocycles. The molecule has 52 valence electrons. The lowest BCUT2D eigenvalue weighted by atomic mass is 10.2. The monoisotopic (exact) mass is 144 g/mol. The highest BCUT2D eigenvalue weighted by Gasteiger charge is 2.14. The van der Waals surface area contributed by atoms with Crippen molar-refractivity contribution in [2.45, 2.75) is 6.42 Å². The number of rotatable bonds is 0. The molecule has 0 atom stereocenters. The molecule has 0 aliphatic carbocycles. The van der Waals surface area contributed by atoms with Gasteiger partial charge in [0, 0.05) is 18.2 Å². The maximum Gasteiger partial charge on any atom is 0.159 e. The van der Waals surface area contributed by atoms with Crippen LogP contribution >= 0.6 is 0 Å². The summed E-state index contributed by atoms with van der Waals surface area (Å²) in [6, 6.07) is 1.99. The van der Waals surface area contributed by atoms with Gasteiger partial charge in [-0.1, -0.05) is 0 Å². The molecule has 0 N–H and O–H groups in total. The highest BCUT2D eigenvalue weighted by atomic mass is 15.0. The van der Waals surface area contributed by atoms with Gasteiger partial charge in [-0.15, -0.1) is 0 Å². The quantitative estimate of drug-likeness (QED) is 0.536. The SMILES string of the molecule is N#CC1=Nc2ncncc2C1. The summed E-state index contributed by atoms with van der Waals surface area (Å²) in [5.74, 6) is 0.636. The van der Waals surface area contributed by atoms with E-state index in [2.05, 4.69) is 15.0 Å². The first-order valence-corrected chi connectivity index (χ1v) is 3.16. The second kappa shape index (κ2) is 2.13. The van der Waals surface area contributed by atoms with Gasteiger partial charge in [-0.05, 0) is 0 Å². The van der Waals surface area contributed by atoms with Gasteiger partial charge in [0.1, 0.15) is 18.1 Å². The van der Waals surface area contributed by atoms with Gasteiger partial charge in [-0.2, -0.15) is 5.26 Å². The second-order valence-electron chi connectivity index (χ2n) is 2.22. The molecule has 4 heteroatoms. The smallest absolute Gasteiger partial charge is 0.159 e. The van der Waals surface area contributed by atoms with Crippen molar-refractivity contribution < 1.29 is 0 Å². The predicted molar refractivity (Wildman–Crippen MR) is 38.4 cm³/mol. The van der Waals surface area contributed by atoms with Crippen LogP contribution in [0.15, 0.2) is 17.5 Å². The molecule has 0 radical (unpaired) electrons. The minimum absolute atomic E-state index is 0.514. The van der Waals surface area contributed by atoms with Crippen LogP contribution in [-0.2, 0) is 6.42 Å². The van der Waals surface area contributed by atoms with Gasteiger partial charge in [0.25, 0.3) is 0 Å². The summed E-state index contributed by atoms with van der Waals surface area (Å²) in [5, 5.41) is 8.51. The van der Waals surface area contributed by atoms with E-state index in [0.29, 0.717) is 18.0 Å². The molecule has 1 aromatic heterocycles. The van der Waals surface area contributed by atoms with E-state index in [-0.39, 0.29) is 0 Å². The van der Waals surface area contributed by atoms with Crippen LogP contribution in [0.1, 0.15) is 5.56 Å². The Balaban J connectivity index is 2.49. The molecule has 0 saturated carbocycles. The number of aromatic nitrogens is 2. The lowest BCUT2D eigenvalue weighted by Crippen LogP contribution is -1.91. The number of hydrogen-bond donors (Lipinski definition) is 0. The third kappa shape index (κ3) is 0.867. The summed E-state index contributed by atoms with van der Waals surface area (Å²) in [6.07, 6.45) is 3.70. The van der Waals surface area contributed by atoms with Gasteiger partial charge in [0.2, 0.25) is 0 Å². The molecule has 1 aromatic rings. The fraction of sp³-hybridized carbons (Fsp3) is 0.143. The Hall–Kier alpha value is -1.76. The Labute approximate surface area is 63.2 Å². The molecule has 0 fully saturated rings. The average Bonchev–Trinajstić information content (AvgIpc) is 2.46. The van der Waals surface area contributed by atoms with Crippen LogP contribution < -0.4 is 0 Å². The minimum Gasteiger partial charge on any atom is -0.244 e. The zero-order valence-electron chi connectivity index (χ0n) is 5.65. The number of aliphatic imine (C=N–C) groups is 1. The van der Waals surface area contributed by atoms with Crippen LogP contribution in [-0.4, -0.2) is 15.7 Å². The van der Waals surface area contributed by atoms with Gasteiger partial charge in [0.15, 0.2) is 5.82 Å². The van der Waals surface area contributed by atoms with E-state index in [1.165, 1.54) is 6.33 Å². The van der Waals surface area contributed by atoms with Crippen LogP contribution in [0.25, 0.3) is 0 Å². The van der Waals surface area contributed by atoms with Crippen LogP contribution in [0.2, 0.25) is 0 Å². The molecule has 2 rings (SSSR count). The van der Waals surface area contributed by atoms with E-state index < -0.39 is 0 Å². The topological polar surface area (TPSA) is 61.9 Å². The van der Waals surface area contributed by atoms with Crippen molar-refractivity contribution in [3.05, 3.63) is 18.1 Å². The number of hydrogen-bond acceptors (Lipinski definition) is 4. The van der Waals surface area contributed by atoms with E-state index in [0.717, 1.165) is 5.56 Å². The summed E-state index contributed by atoms with van der Waals surface area (Å²) < 4.78 is 0. The first-order valence-electron chi connectivity index (χ1n) is 3.16. The maximum atomic E-state index is 8.51. The van der Waals surface area contributed by atoms with E-state index in [9.17, 15) is 0 Å². The van der Waals surface area contributed by atoms with Gasteiger partial charge in [-0.25, -0.2) is 15.0 Å².